The number of ether oxygens (including phenoxy) is 1. The van der Waals surface area contributed by atoms with Crippen LogP contribution in [0, 0.1) is 5.92 Å². The van der Waals surface area contributed by atoms with Crippen LogP contribution in [0.1, 0.15) is 17.7 Å². The zero-order chi connectivity index (χ0) is 16.5. The molecule has 1 atom stereocenters. The number of rotatable bonds is 7. The van der Waals surface area contributed by atoms with Gasteiger partial charge in [-0.25, -0.2) is 13.1 Å². The standard InChI is InChI=1S/C16H19NO4S2/c1-21-13-6-8-14(9-7-13)23(19,20)17-11-16(18,12-4-5-12)15-3-2-10-22-15/h2-3,6-10,12,17-18H,4-5,11H2,1H3. The van der Waals surface area contributed by atoms with E-state index in [1.54, 1.807) is 12.1 Å². The third-order valence-corrected chi connectivity index (χ3v) is 6.56. The van der Waals surface area contributed by atoms with E-state index in [-0.39, 0.29) is 17.4 Å². The molecule has 2 aromatic rings. The Balaban J connectivity index is 1.77. The van der Waals surface area contributed by atoms with E-state index >= 15 is 0 Å². The number of hydrogen-bond acceptors (Lipinski definition) is 5. The van der Waals surface area contributed by atoms with Gasteiger partial charge in [0.15, 0.2) is 0 Å². The average molecular weight is 353 g/mol. The monoisotopic (exact) mass is 353 g/mol. The summed E-state index contributed by atoms with van der Waals surface area (Å²) in [5.41, 5.74) is -1.13. The van der Waals surface area contributed by atoms with Crippen LogP contribution < -0.4 is 9.46 Å². The van der Waals surface area contributed by atoms with Crippen molar-refractivity contribution in [3.8, 4) is 5.75 Å². The van der Waals surface area contributed by atoms with Crippen molar-refractivity contribution >= 4 is 21.4 Å². The molecule has 124 valence electrons. The molecule has 1 saturated carbocycles. The van der Waals surface area contributed by atoms with Gasteiger partial charge in [-0.05, 0) is 54.5 Å². The second kappa shape index (κ2) is 6.24. The van der Waals surface area contributed by atoms with Gasteiger partial charge in [0.05, 0.1) is 12.0 Å². The van der Waals surface area contributed by atoms with Crippen molar-refractivity contribution in [2.45, 2.75) is 23.3 Å². The fourth-order valence-electron chi connectivity index (χ4n) is 2.56. The predicted molar refractivity (Wildman–Crippen MR) is 89.1 cm³/mol. The molecule has 1 unspecified atom stereocenters. The highest BCUT2D eigenvalue weighted by molar-refractivity contribution is 7.89. The van der Waals surface area contributed by atoms with Crippen LogP contribution in [0.15, 0.2) is 46.7 Å². The Morgan fingerprint density at radius 1 is 1.30 bits per heavy atom. The van der Waals surface area contributed by atoms with Crippen molar-refractivity contribution in [1.82, 2.24) is 4.72 Å². The maximum Gasteiger partial charge on any atom is 0.240 e. The molecule has 1 aromatic heterocycles. The first-order valence-electron chi connectivity index (χ1n) is 7.36. The minimum Gasteiger partial charge on any atom is -0.497 e. The summed E-state index contributed by atoms with van der Waals surface area (Å²) in [6.45, 7) is -0.0213. The Morgan fingerprint density at radius 2 is 2.00 bits per heavy atom. The normalized spacial score (nSPS) is 17.7. The van der Waals surface area contributed by atoms with Gasteiger partial charge in [-0.15, -0.1) is 11.3 Å². The molecular formula is C16H19NO4S2. The maximum atomic E-state index is 12.4. The molecule has 1 fully saturated rings. The summed E-state index contributed by atoms with van der Waals surface area (Å²) in [5.74, 6) is 0.705. The number of benzene rings is 1. The molecule has 5 nitrogen and oxygen atoms in total. The summed E-state index contributed by atoms with van der Waals surface area (Å²) in [5, 5.41) is 12.9. The average Bonchev–Trinajstić information content (AvgIpc) is 3.28. The van der Waals surface area contributed by atoms with E-state index in [0.29, 0.717) is 5.75 Å². The van der Waals surface area contributed by atoms with Crippen molar-refractivity contribution < 1.29 is 18.3 Å². The second-order valence-electron chi connectivity index (χ2n) is 5.68. The molecule has 2 N–H and O–H groups in total. The fourth-order valence-corrected chi connectivity index (χ4v) is 4.54. The molecule has 3 rings (SSSR count). The Labute approximate surface area is 140 Å². The van der Waals surface area contributed by atoms with Crippen LogP contribution in [0.2, 0.25) is 0 Å². The minimum absolute atomic E-state index is 0.0213. The van der Waals surface area contributed by atoms with E-state index in [1.165, 1.54) is 30.6 Å². The van der Waals surface area contributed by atoms with Crippen molar-refractivity contribution in [2.75, 3.05) is 13.7 Å². The number of hydrogen-bond donors (Lipinski definition) is 2. The lowest BCUT2D eigenvalue weighted by Gasteiger charge is -2.27. The summed E-state index contributed by atoms with van der Waals surface area (Å²) >= 11 is 1.45. The van der Waals surface area contributed by atoms with Crippen LogP contribution in [-0.2, 0) is 15.6 Å². The molecule has 0 aliphatic heterocycles. The highest BCUT2D eigenvalue weighted by Crippen LogP contribution is 2.46. The van der Waals surface area contributed by atoms with Crippen molar-refractivity contribution in [2.24, 2.45) is 5.92 Å². The first-order chi connectivity index (χ1) is 11.0. The molecule has 0 saturated heterocycles. The maximum absolute atomic E-state index is 12.4. The van der Waals surface area contributed by atoms with Crippen LogP contribution in [0.25, 0.3) is 0 Å². The Bertz CT molecular complexity index is 752. The van der Waals surface area contributed by atoms with Gasteiger partial charge < -0.3 is 9.84 Å². The summed E-state index contributed by atoms with van der Waals surface area (Å²) < 4.78 is 32.4. The van der Waals surface area contributed by atoms with Crippen LogP contribution in [0.5, 0.6) is 5.75 Å². The third-order valence-electron chi connectivity index (χ3n) is 4.10. The molecule has 1 aromatic carbocycles. The SMILES string of the molecule is COc1ccc(S(=O)(=O)NCC(O)(c2cccs2)C2CC2)cc1. The molecule has 23 heavy (non-hydrogen) atoms. The molecule has 1 heterocycles. The number of nitrogens with one attached hydrogen (secondary N) is 1. The van der Waals surface area contributed by atoms with E-state index in [4.69, 9.17) is 4.74 Å². The third kappa shape index (κ3) is 3.42. The van der Waals surface area contributed by atoms with Gasteiger partial charge in [-0.2, -0.15) is 0 Å². The molecule has 1 aliphatic carbocycles. The molecule has 0 amide bonds. The van der Waals surface area contributed by atoms with Gasteiger partial charge in [-0.3, -0.25) is 0 Å². The zero-order valence-electron chi connectivity index (χ0n) is 12.7. The minimum atomic E-state index is -3.68. The summed E-state index contributed by atoms with van der Waals surface area (Å²) in [4.78, 5) is 0.958. The van der Waals surface area contributed by atoms with E-state index in [1.807, 2.05) is 17.5 Å². The van der Waals surface area contributed by atoms with Gasteiger partial charge in [0.25, 0.3) is 0 Å². The lowest BCUT2D eigenvalue weighted by Crippen LogP contribution is -2.41. The summed E-state index contributed by atoms with van der Waals surface area (Å²) in [6.07, 6.45) is 1.83. The zero-order valence-corrected chi connectivity index (χ0v) is 14.4. The van der Waals surface area contributed by atoms with E-state index in [2.05, 4.69) is 4.72 Å². The summed E-state index contributed by atoms with van der Waals surface area (Å²) in [7, 11) is -2.15. The summed E-state index contributed by atoms with van der Waals surface area (Å²) in [6, 6.07) is 9.89. The van der Waals surface area contributed by atoms with Crippen LogP contribution in [0.3, 0.4) is 0 Å². The Hall–Kier alpha value is -1.41. The first kappa shape index (κ1) is 16.4. The van der Waals surface area contributed by atoms with Gasteiger partial charge in [0, 0.05) is 11.4 Å². The van der Waals surface area contributed by atoms with Crippen molar-refractivity contribution in [3.05, 3.63) is 46.7 Å². The fraction of sp³-hybridized carbons (Fsp3) is 0.375. The number of methoxy groups -OCH3 is 1. The highest BCUT2D eigenvalue weighted by Gasteiger charge is 2.46. The molecule has 0 bridgehead atoms. The molecule has 0 spiro atoms. The van der Waals surface area contributed by atoms with Gasteiger partial charge in [0.1, 0.15) is 11.4 Å². The van der Waals surface area contributed by atoms with Crippen molar-refractivity contribution in [1.29, 1.82) is 0 Å². The highest BCUT2D eigenvalue weighted by atomic mass is 32.2. The van der Waals surface area contributed by atoms with E-state index < -0.39 is 15.6 Å². The number of thiophene rings is 1. The van der Waals surface area contributed by atoms with Crippen LogP contribution in [-0.4, -0.2) is 27.2 Å². The largest absolute Gasteiger partial charge is 0.497 e. The Morgan fingerprint density at radius 3 is 2.52 bits per heavy atom. The smallest absolute Gasteiger partial charge is 0.240 e. The Kier molecular flexibility index (Phi) is 4.46. The van der Waals surface area contributed by atoms with Gasteiger partial charge in [0.2, 0.25) is 10.0 Å². The lowest BCUT2D eigenvalue weighted by molar-refractivity contribution is 0.0222. The van der Waals surface area contributed by atoms with Crippen LogP contribution >= 0.6 is 11.3 Å². The second-order valence-corrected chi connectivity index (χ2v) is 8.39. The molecule has 7 heteroatoms. The predicted octanol–water partition coefficient (Wildman–Crippen LogP) is 2.33. The molecule has 1 aliphatic rings. The lowest BCUT2D eigenvalue weighted by atomic mass is 9.96. The topological polar surface area (TPSA) is 75.6 Å². The molecular weight excluding hydrogens is 334 g/mol. The van der Waals surface area contributed by atoms with Crippen LogP contribution in [0.4, 0.5) is 0 Å². The van der Waals surface area contributed by atoms with Crippen molar-refractivity contribution in [3.63, 3.8) is 0 Å². The number of sulfonamides is 1. The number of aliphatic hydroxyl groups is 1. The quantitative estimate of drug-likeness (QED) is 0.801. The van der Waals surface area contributed by atoms with E-state index in [0.717, 1.165) is 17.7 Å². The van der Waals surface area contributed by atoms with Gasteiger partial charge >= 0.3 is 0 Å². The van der Waals surface area contributed by atoms with Gasteiger partial charge in [-0.1, -0.05) is 6.07 Å². The van der Waals surface area contributed by atoms with E-state index in [9.17, 15) is 13.5 Å². The first-order valence-corrected chi connectivity index (χ1v) is 9.72. The molecule has 0 radical (unpaired) electrons.